The van der Waals surface area contributed by atoms with Gasteiger partial charge in [-0.15, -0.1) is 0 Å². The van der Waals surface area contributed by atoms with Crippen molar-refractivity contribution in [2.75, 3.05) is 6.26 Å². The summed E-state index contributed by atoms with van der Waals surface area (Å²) in [5, 5.41) is 9.16. The second-order valence-corrected chi connectivity index (χ2v) is 6.52. The van der Waals surface area contributed by atoms with E-state index in [1.54, 1.807) is 6.92 Å². The first-order valence-corrected chi connectivity index (χ1v) is 7.26. The molecule has 3 nitrogen and oxygen atoms in total. The van der Waals surface area contributed by atoms with Gasteiger partial charge in [0.1, 0.15) is 10.7 Å². The van der Waals surface area contributed by atoms with Crippen molar-refractivity contribution in [3.63, 3.8) is 0 Å². The lowest BCUT2D eigenvalue weighted by molar-refractivity contribution is 0.195. The van der Waals surface area contributed by atoms with Crippen LogP contribution in [-0.4, -0.2) is 25.9 Å². The second kappa shape index (κ2) is 4.81. The van der Waals surface area contributed by atoms with Gasteiger partial charge in [0.15, 0.2) is 9.84 Å². The van der Waals surface area contributed by atoms with Crippen molar-refractivity contribution in [2.45, 2.75) is 24.3 Å². The summed E-state index contributed by atoms with van der Waals surface area (Å²) >= 11 is 3.02. The van der Waals surface area contributed by atoms with Gasteiger partial charge in [-0.25, -0.2) is 12.8 Å². The Labute approximate surface area is 102 Å². The SMILES string of the molecule is CC(O)Cc1cc(F)c(S(C)(=O)=O)c(Br)c1. The first-order chi connectivity index (χ1) is 7.21. The number of hydrogen-bond acceptors (Lipinski definition) is 3. The van der Waals surface area contributed by atoms with Gasteiger partial charge >= 0.3 is 0 Å². The molecule has 0 aromatic heterocycles. The maximum absolute atomic E-state index is 13.6. The highest BCUT2D eigenvalue weighted by atomic mass is 79.9. The van der Waals surface area contributed by atoms with Crippen molar-refractivity contribution in [1.29, 1.82) is 0 Å². The molecule has 1 aromatic rings. The van der Waals surface area contributed by atoms with Crippen LogP contribution in [0.1, 0.15) is 12.5 Å². The molecule has 0 saturated carbocycles. The van der Waals surface area contributed by atoms with Crippen molar-refractivity contribution in [1.82, 2.24) is 0 Å². The summed E-state index contributed by atoms with van der Waals surface area (Å²) in [4.78, 5) is -0.346. The lowest BCUT2D eigenvalue weighted by Crippen LogP contribution is -2.07. The van der Waals surface area contributed by atoms with Crippen molar-refractivity contribution in [3.05, 3.63) is 28.0 Å². The van der Waals surface area contributed by atoms with E-state index in [0.29, 0.717) is 5.56 Å². The third kappa shape index (κ3) is 3.26. The fraction of sp³-hybridized carbons (Fsp3) is 0.400. The van der Waals surface area contributed by atoms with E-state index in [2.05, 4.69) is 15.9 Å². The summed E-state index contributed by atoms with van der Waals surface area (Å²) in [5.74, 6) is -0.799. The Morgan fingerprint density at radius 3 is 2.44 bits per heavy atom. The van der Waals surface area contributed by atoms with E-state index in [9.17, 15) is 12.8 Å². The van der Waals surface area contributed by atoms with Gasteiger partial charge in [0.05, 0.1) is 6.10 Å². The molecule has 0 aliphatic heterocycles. The van der Waals surface area contributed by atoms with Gasteiger partial charge < -0.3 is 5.11 Å². The van der Waals surface area contributed by atoms with Crippen molar-refractivity contribution in [2.24, 2.45) is 0 Å². The zero-order valence-corrected chi connectivity index (χ0v) is 11.3. The molecule has 1 unspecified atom stereocenters. The zero-order chi connectivity index (χ0) is 12.5. The third-order valence-electron chi connectivity index (χ3n) is 1.96. The van der Waals surface area contributed by atoms with E-state index >= 15 is 0 Å². The average molecular weight is 311 g/mol. The second-order valence-electron chi connectivity index (χ2n) is 3.71. The maximum atomic E-state index is 13.6. The molecule has 1 aromatic carbocycles. The fourth-order valence-corrected chi connectivity index (χ4v) is 3.62. The quantitative estimate of drug-likeness (QED) is 0.928. The first kappa shape index (κ1) is 13.6. The van der Waals surface area contributed by atoms with E-state index in [0.717, 1.165) is 12.3 Å². The summed E-state index contributed by atoms with van der Waals surface area (Å²) < 4.78 is 36.3. The number of aliphatic hydroxyl groups is 1. The molecule has 0 bridgehead atoms. The van der Waals surface area contributed by atoms with Crippen LogP contribution < -0.4 is 0 Å². The van der Waals surface area contributed by atoms with E-state index in [1.807, 2.05) is 0 Å². The summed E-state index contributed by atoms with van der Waals surface area (Å²) in [7, 11) is -3.59. The Balaban J connectivity index is 3.29. The summed E-state index contributed by atoms with van der Waals surface area (Å²) in [6.45, 7) is 1.58. The molecule has 0 saturated heterocycles. The van der Waals surface area contributed by atoms with Crippen LogP contribution in [0.15, 0.2) is 21.5 Å². The molecule has 0 fully saturated rings. The number of hydrogen-bond donors (Lipinski definition) is 1. The predicted molar refractivity (Wildman–Crippen MR) is 62.6 cm³/mol. The first-order valence-electron chi connectivity index (χ1n) is 4.58. The van der Waals surface area contributed by atoms with Gasteiger partial charge in [0, 0.05) is 10.7 Å². The molecule has 1 rings (SSSR count). The molecule has 1 N–H and O–H groups in total. The van der Waals surface area contributed by atoms with Crippen LogP contribution in [0.4, 0.5) is 4.39 Å². The molecule has 90 valence electrons. The van der Waals surface area contributed by atoms with Crippen LogP contribution in [0.5, 0.6) is 0 Å². The van der Waals surface area contributed by atoms with E-state index in [4.69, 9.17) is 5.11 Å². The van der Waals surface area contributed by atoms with Gasteiger partial charge in [-0.05, 0) is 47.0 Å². The van der Waals surface area contributed by atoms with Gasteiger partial charge in [-0.3, -0.25) is 0 Å². The zero-order valence-electron chi connectivity index (χ0n) is 8.87. The average Bonchev–Trinajstić information content (AvgIpc) is 1.96. The van der Waals surface area contributed by atoms with E-state index in [-0.39, 0.29) is 15.8 Å². The lowest BCUT2D eigenvalue weighted by atomic mass is 10.1. The molecule has 0 aliphatic carbocycles. The minimum Gasteiger partial charge on any atom is -0.393 e. The van der Waals surface area contributed by atoms with E-state index in [1.165, 1.54) is 6.07 Å². The van der Waals surface area contributed by atoms with Crippen molar-refractivity contribution < 1.29 is 17.9 Å². The van der Waals surface area contributed by atoms with Crippen molar-refractivity contribution >= 4 is 25.8 Å². The predicted octanol–water partition coefficient (Wildman–Crippen LogP) is 1.92. The molecule has 1 atom stereocenters. The smallest absolute Gasteiger partial charge is 0.179 e. The Kier molecular flexibility index (Phi) is 4.09. The van der Waals surface area contributed by atoms with E-state index < -0.39 is 21.8 Å². The largest absolute Gasteiger partial charge is 0.393 e. The molecule has 0 heterocycles. The molecular weight excluding hydrogens is 299 g/mol. The molecule has 0 aliphatic rings. The van der Waals surface area contributed by atoms with Crippen LogP contribution in [-0.2, 0) is 16.3 Å². The summed E-state index contributed by atoms with van der Waals surface area (Å²) in [6.07, 6.45) is 0.625. The van der Waals surface area contributed by atoms with Gasteiger partial charge in [-0.2, -0.15) is 0 Å². The van der Waals surface area contributed by atoms with Crippen LogP contribution in [0.3, 0.4) is 0 Å². The van der Waals surface area contributed by atoms with Crippen LogP contribution in [0.25, 0.3) is 0 Å². The minimum atomic E-state index is -3.59. The highest BCUT2D eigenvalue weighted by Gasteiger charge is 2.19. The Bertz CT molecular complexity index is 474. The molecule has 16 heavy (non-hydrogen) atoms. The maximum Gasteiger partial charge on any atom is 0.179 e. The standard InChI is InChI=1S/C10H12BrFO3S/c1-6(13)3-7-4-8(11)10(9(12)5-7)16(2,14)15/h4-6,13H,3H2,1-2H3. The van der Waals surface area contributed by atoms with Gasteiger partial charge in [0.25, 0.3) is 0 Å². The lowest BCUT2D eigenvalue weighted by Gasteiger charge is -2.09. The fourth-order valence-electron chi connectivity index (χ4n) is 1.43. The van der Waals surface area contributed by atoms with Crippen molar-refractivity contribution in [3.8, 4) is 0 Å². The highest BCUT2D eigenvalue weighted by molar-refractivity contribution is 9.10. The Morgan fingerprint density at radius 1 is 1.50 bits per heavy atom. The molecular formula is C10H12BrFO3S. The number of benzene rings is 1. The van der Waals surface area contributed by atoms with Gasteiger partial charge in [0.2, 0.25) is 0 Å². The number of aliphatic hydroxyl groups excluding tert-OH is 1. The van der Waals surface area contributed by atoms with Crippen LogP contribution >= 0.6 is 15.9 Å². The van der Waals surface area contributed by atoms with Crippen LogP contribution in [0.2, 0.25) is 0 Å². The summed E-state index contributed by atoms with van der Waals surface area (Å²) in [5.41, 5.74) is 0.548. The Hall–Kier alpha value is -0.460. The summed E-state index contributed by atoms with van der Waals surface area (Å²) in [6, 6.07) is 2.64. The molecule has 0 radical (unpaired) electrons. The Morgan fingerprint density at radius 2 is 2.06 bits per heavy atom. The topological polar surface area (TPSA) is 54.4 Å². The number of halogens is 2. The normalized spacial score (nSPS) is 13.8. The molecule has 0 spiro atoms. The molecule has 0 amide bonds. The highest BCUT2D eigenvalue weighted by Crippen LogP contribution is 2.27. The number of sulfone groups is 1. The molecule has 6 heteroatoms. The van der Waals surface area contributed by atoms with Gasteiger partial charge in [-0.1, -0.05) is 0 Å². The number of rotatable bonds is 3. The monoisotopic (exact) mass is 310 g/mol. The minimum absolute atomic E-state index is 0.186. The van der Waals surface area contributed by atoms with Crippen LogP contribution in [0, 0.1) is 5.82 Å². The third-order valence-corrected chi connectivity index (χ3v) is 4.00.